The van der Waals surface area contributed by atoms with E-state index < -0.39 is 29.5 Å². The smallest absolute Gasteiger partial charge is 0.324 e. The first-order valence-electron chi connectivity index (χ1n) is 5.67. The van der Waals surface area contributed by atoms with Crippen molar-refractivity contribution in [2.45, 2.75) is 37.7 Å². The zero-order valence-corrected chi connectivity index (χ0v) is 9.70. The number of hydrogen-bond donors (Lipinski definition) is 1. The van der Waals surface area contributed by atoms with Crippen molar-refractivity contribution < 1.29 is 26.3 Å². The lowest BCUT2D eigenvalue weighted by Gasteiger charge is -2.27. The quantitative estimate of drug-likeness (QED) is 0.714. The number of nitrogens with two attached hydrogens (primary N) is 1. The highest BCUT2D eigenvalue weighted by Crippen LogP contribution is 2.43. The molecule has 1 atom stereocenters. The monoisotopic (exact) mass is 283 g/mol. The fraction of sp³-hybridized carbons (Fsp3) is 0.500. The van der Waals surface area contributed by atoms with Gasteiger partial charge in [0.2, 0.25) is 0 Å². The first-order chi connectivity index (χ1) is 8.60. The van der Waals surface area contributed by atoms with Crippen LogP contribution in [0, 0.1) is 0 Å². The second-order valence-electron chi connectivity index (χ2n) is 4.59. The van der Waals surface area contributed by atoms with Crippen molar-refractivity contribution in [2.24, 2.45) is 5.73 Å². The summed E-state index contributed by atoms with van der Waals surface area (Å²) in [5, 5.41) is 0. The van der Waals surface area contributed by atoms with E-state index in [1.165, 1.54) is 0 Å². The van der Waals surface area contributed by atoms with Crippen LogP contribution in [-0.4, -0.2) is 0 Å². The van der Waals surface area contributed by atoms with Gasteiger partial charge in [0.25, 0.3) is 0 Å². The topological polar surface area (TPSA) is 26.0 Å². The minimum atomic E-state index is -4.83. The molecule has 19 heavy (non-hydrogen) atoms. The first kappa shape index (κ1) is 14.2. The maximum absolute atomic E-state index is 12.9. The van der Waals surface area contributed by atoms with E-state index in [9.17, 15) is 26.3 Å². The number of rotatable bonds is 0. The molecule has 0 heterocycles. The lowest BCUT2D eigenvalue weighted by molar-refractivity contribution is -0.143. The van der Waals surface area contributed by atoms with Crippen molar-refractivity contribution in [2.75, 3.05) is 0 Å². The zero-order chi connectivity index (χ0) is 14.4. The fourth-order valence-corrected chi connectivity index (χ4v) is 2.41. The van der Waals surface area contributed by atoms with Crippen molar-refractivity contribution in [3.05, 3.63) is 34.4 Å². The van der Waals surface area contributed by atoms with Crippen LogP contribution in [0.4, 0.5) is 26.3 Å². The van der Waals surface area contributed by atoms with Crippen molar-refractivity contribution in [1.82, 2.24) is 0 Å². The van der Waals surface area contributed by atoms with Crippen LogP contribution in [0.5, 0.6) is 0 Å². The second kappa shape index (κ2) is 4.40. The third-order valence-corrected chi connectivity index (χ3v) is 3.23. The lowest BCUT2D eigenvalue weighted by Crippen LogP contribution is -2.24. The Morgan fingerprint density at radius 3 is 2.16 bits per heavy atom. The molecule has 1 aliphatic carbocycles. The minimum absolute atomic E-state index is 0.0564. The van der Waals surface area contributed by atoms with Crippen LogP contribution in [0.15, 0.2) is 12.1 Å². The molecule has 0 saturated heterocycles. The molecule has 2 rings (SSSR count). The molecule has 1 unspecified atom stereocenters. The first-order valence-corrected chi connectivity index (χ1v) is 5.67. The van der Waals surface area contributed by atoms with Gasteiger partial charge in [-0.25, -0.2) is 0 Å². The summed E-state index contributed by atoms with van der Waals surface area (Å²) in [4.78, 5) is 0. The molecule has 0 amide bonds. The molecule has 0 bridgehead atoms. The van der Waals surface area contributed by atoms with Gasteiger partial charge in [0.1, 0.15) is 0 Å². The largest absolute Gasteiger partial charge is 0.416 e. The van der Waals surface area contributed by atoms with E-state index in [1.807, 2.05) is 0 Å². The van der Waals surface area contributed by atoms with Gasteiger partial charge in [0, 0.05) is 6.04 Å². The number of hydrogen-bond acceptors (Lipinski definition) is 1. The van der Waals surface area contributed by atoms with Gasteiger partial charge < -0.3 is 5.73 Å². The van der Waals surface area contributed by atoms with Crippen LogP contribution < -0.4 is 5.73 Å². The Hall–Kier alpha value is -1.24. The zero-order valence-electron chi connectivity index (χ0n) is 9.70. The van der Waals surface area contributed by atoms with Crippen LogP contribution in [0.3, 0.4) is 0 Å². The van der Waals surface area contributed by atoms with Crippen LogP contribution in [0.1, 0.15) is 41.1 Å². The average Bonchev–Trinajstić information content (AvgIpc) is 2.25. The van der Waals surface area contributed by atoms with E-state index >= 15 is 0 Å². The number of benzene rings is 1. The molecule has 0 aromatic heterocycles. The van der Waals surface area contributed by atoms with E-state index in [0.717, 1.165) is 6.07 Å². The number of alkyl halides is 6. The van der Waals surface area contributed by atoms with Crippen molar-refractivity contribution >= 4 is 0 Å². The van der Waals surface area contributed by atoms with Gasteiger partial charge in [0.05, 0.1) is 11.1 Å². The van der Waals surface area contributed by atoms with Gasteiger partial charge in [-0.15, -0.1) is 0 Å². The van der Waals surface area contributed by atoms with Crippen molar-refractivity contribution in [1.29, 1.82) is 0 Å². The Balaban J connectivity index is 2.68. The number of aryl methyl sites for hydroxylation is 1. The van der Waals surface area contributed by atoms with Crippen LogP contribution in [0.25, 0.3) is 0 Å². The highest BCUT2D eigenvalue weighted by atomic mass is 19.4. The molecular weight excluding hydrogens is 272 g/mol. The molecule has 1 aliphatic rings. The second-order valence-corrected chi connectivity index (χ2v) is 4.59. The third kappa shape index (κ3) is 2.70. The van der Waals surface area contributed by atoms with Gasteiger partial charge in [0.15, 0.2) is 0 Å². The summed E-state index contributed by atoms with van der Waals surface area (Å²) in [6.45, 7) is 0. The van der Waals surface area contributed by atoms with Gasteiger partial charge in [-0.1, -0.05) is 0 Å². The highest BCUT2D eigenvalue weighted by molar-refractivity contribution is 5.45. The molecule has 0 fully saturated rings. The summed E-state index contributed by atoms with van der Waals surface area (Å²) < 4.78 is 76.6. The Morgan fingerprint density at radius 2 is 1.63 bits per heavy atom. The van der Waals surface area contributed by atoms with E-state index in [2.05, 4.69) is 0 Å². The Labute approximate surface area is 105 Å². The van der Waals surface area contributed by atoms with Crippen LogP contribution >= 0.6 is 0 Å². The molecule has 0 spiro atoms. The fourth-order valence-electron chi connectivity index (χ4n) is 2.41. The highest BCUT2D eigenvalue weighted by Gasteiger charge is 2.41. The lowest BCUT2D eigenvalue weighted by atomic mass is 9.83. The number of fused-ring (bicyclic) bond motifs is 1. The van der Waals surface area contributed by atoms with Gasteiger partial charge in [-0.2, -0.15) is 26.3 Å². The molecular formula is C12H11F6N. The van der Waals surface area contributed by atoms with Crippen LogP contribution in [0.2, 0.25) is 0 Å². The summed E-state index contributed by atoms with van der Waals surface area (Å²) in [5.74, 6) is 0. The summed E-state index contributed by atoms with van der Waals surface area (Å²) >= 11 is 0. The maximum atomic E-state index is 12.9. The van der Waals surface area contributed by atoms with Gasteiger partial charge in [-0.3, -0.25) is 0 Å². The normalized spacial score (nSPS) is 20.3. The molecule has 0 aliphatic heterocycles. The SMILES string of the molecule is NC1CCCc2cc(C(F)(F)F)cc(C(F)(F)F)c21. The molecule has 0 saturated carbocycles. The molecule has 2 N–H and O–H groups in total. The molecule has 1 aromatic carbocycles. The van der Waals surface area contributed by atoms with Crippen LogP contribution in [-0.2, 0) is 18.8 Å². The van der Waals surface area contributed by atoms with Gasteiger partial charge in [-0.05, 0) is 42.5 Å². The molecule has 7 heteroatoms. The van der Waals surface area contributed by atoms with E-state index in [0.29, 0.717) is 12.8 Å². The predicted molar refractivity (Wildman–Crippen MR) is 56.3 cm³/mol. The van der Waals surface area contributed by atoms with Gasteiger partial charge >= 0.3 is 12.4 Å². The maximum Gasteiger partial charge on any atom is 0.416 e. The minimum Gasteiger partial charge on any atom is -0.324 e. The molecule has 106 valence electrons. The summed E-state index contributed by atoms with van der Waals surface area (Å²) in [7, 11) is 0. The van der Waals surface area contributed by atoms with E-state index in [1.54, 1.807) is 0 Å². The molecule has 1 nitrogen and oxygen atoms in total. The Kier molecular flexibility index (Phi) is 3.28. The summed E-state index contributed by atoms with van der Waals surface area (Å²) in [6, 6.07) is 0.0795. The summed E-state index contributed by atoms with van der Waals surface area (Å²) in [6.07, 6.45) is -8.60. The average molecular weight is 283 g/mol. The molecule has 1 aromatic rings. The molecule has 0 radical (unpaired) electrons. The summed E-state index contributed by atoms with van der Waals surface area (Å²) in [5.41, 5.74) is 2.96. The van der Waals surface area contributed by atoms with E-state index in [-0.39, 0.29) is 23.6 Å². The Morgan fingerprint density at radius 1 is 1.00 bits per heavy atom. The third-order valence-electron chi connectivity index (χ3n) is 3.23. The Bertz CT molecular complexity index is 488. The standard InChI is InChI=1S/C12H11F6N/c13-11(14,15)7-4-6-2-1-3-9(19)10(6)8(5-7)12(16,17)18/h4-5,9H,1-3,19H2. The predicted octanol–water partition coefficient (Wildman–Crippen LogP) is 4.06. The van der Waals surface area contributed by atoms with Crippen molar-refractivity contribution in [3.8, 4) is 0 Å². The van der Waals surface area contributed by atoms with E-state index in [4.69, 9.17) is 5.73 Å². The van der Waals surface area contributed by atoms with Crippen molar-refractivity contribution in [3.63, 3.8) is 0 Å². The number of halogens is 6.